The van der Waals surface area contributed by atoms with Gasteiger partial charge >= 0.3 is 0 Å². The molecule has 1 saturated heterocycles. The number of amides is 3. The van der Waals surface area contributed by atoms with Crippen LogP contribution < -0.4 is 21.7 Å². The summed E-state index contributed by atoms with van der Waals surface area (Å²) in [6.07, 6.45) is 0.679. The number of hydrogen-bond acceptors (Lipinski definition) is 5. The standard InChI is InChI=1S/C15H24N4O5/c1-7(13(16)22)18-14(23)8-5-10(12(21)11(20)6-8)19-15(24)9-3-2-4-17-9/h5,7,9-12,17,20-21H,2-4,6H2,1H3,(H2,16,22)(H,18,23)(H,19,24)/p+1/t7-,9-,10-,11-,12-/m1/s1. The molecular weight excluding hydrogens is 316 g/mol. The average Bonchev–Trinajstić information content (AvgIpc) is 3.05. The van der Waals surface area contributed by atoms with Gasteiger partial charge < -0.3 is 31.9 Å². The third kappa shape index (κ3) is 4.31. The summed E-state index contributed by atoms with van der Waals surface area (Å²) >= 11 is 0. The number of primary amides is 1. The Labute approximate surface area is 139 Å². The zero-order valence-corrected chi connectivity index (χ0v) is 13.6. The average molecular weight is 341 g/mol. The fraction of sp³-hybridized carbons (Fsp3) is 0.667. The van der Waals surface area contributed by atoms with E-state index in [0.717, 1.165) is 19.4 Å². The summed E-state index contributed by atoms with van der Waals surface area (Å²) < 4.78 is 0. The molecule has 5 atom stereocenters. The van der Waals surface area contributed by atoms with Gasteiger partial charge in [0.15, 0.2) is 6.04 Å². The lowest BCUT2D eigenvalue weighted by atomic mass is 9.89. The Bertz CT molecular complexity index is 544. The van der Waals surface area contributed by atoms with E-state index in [9.17, 15) is 24.6 Å². The molecule has 9 nitrogen and oxygen atoms in total. The van der Waals surface area contributed by atoms with Gasteiger partial charge in [0.2, 0.25) is 11.8 Å². The Balaban J connectivity index is 2.06. The van der Waals surface area contributed by atoms with Gasteiger partial charge in [0.25, 0.3) is 5.91 Å². The summed E-state index contributed by atoms with van der Waals surface area (Å²) in [7, 11) is 0. The van der Waals surface area contributed by atoms with Crippen molar-refractivity contribution in [3.8, 4) is 0 Å². The van der Waals surface area contributed by atoms with Crippen LogP contribution in [0.15, 0.2) is 11.6 Å². The molecule has 2 rings (SSSR count). The number of carbonyl (C=O) groups excluding carboxylic acids is 3. The van der Waals surface area contributed by atoms with Crippen molar-refractivity contribution >= 4 is 17.7 Å². The summed E-state index contributed by atoms with van der Waals surface area (Å²) in [6.45, 7) is 2.33. The Morgan fingerprint density at radius 1 is 1.38 bits per heavy atom. The van der Waals surface area contributed by atoms with Crippen LogP contribution in [0.1, 0.15) is 26.2 Å². The predicted octanol–water partition coefficient (Wildman–Crippen LogP) is -3.76. The number of nitrogens with one attached hydrogen (secondary N) is 2. The van der Waals surface area contributed by atoms with Gasteiger partial charge in [0.05, 0.1) is 18.7 Å². The fourth-order valence-corrected chi connectivity index (χ4v) is 2.91. The van der Waals surface area contributed by atoms with Crippen LogP contribution in [0.2, 0.25) is 0 Å². The van der Waals surface area contributed by atoms with E-state index >= 15 is 0 Å². The Hall–Kier alpha value is -1.97. The van der Waals surface area contributed by atoms with Crippen molar-refractivity contribution in [3.63, 3.8) is 0 Å². The van der Waals surface area contributed by atoms with Crippen molar-refractivity contribution in [1.82, 2.24) is 10.6 Å². The van der Waals surface area contributed by atoms with E-state index < -0.39 is 36.1 Å². The maximum absolute atomic E-state index is 12.2. The van der Waals surface area contributed by atoms with Gasteiger partial charge in [0, 0.05) is 24.8 Å². The number of aliphatic hydroxyl groups is 2. The van der Waals surface area contributed by atoms with Crippen LogP contribution in [0.3, 0.4) is 0 Å². The predicted molar refractivity (Wildman–Crippen MR) is 83.3 cm³/mol. The largest absolute Gasteiger partial charge is 0.390 e. The minimum Gasteiger partial charge on any atom is -0.390 e. The number of carbonyl (C=O) groups is 3. The molecule has 0 aromatic rings. The third-order valence-electron chi connectivity index (χ3n) is 4.45. The Morgan fingerprint density at radius 3 is 2.67 bits per heavy atom. The van der Waals surface area contributed by atoms with Crippen LogP contribution in [0.5, 0.6) is 0 Å². The van der Waals surface area contributed by atoms with E-state index in [1.807, 2.05) is 5.32 Å². The number of hydrogen-bond donors (Lipinski definition) is 6. The molecule has 0 unspecified atom stereocenters. The topological polar surface area (TPSA) is 158 Å². The smallest absolute Gasteiger partial charge is 0.278 e. The van der Waals surface area contributed by atoms with Crippen molar-refractivity contribution in [2.24, 2.45) is 5.73 Å². The van der Waals surface area contributed by atoms with Crippen molar-refractivity contribution in [2.75, 3.05) is 6.54 Å². The van der Waals surface area contributed by atoms with Crippen LogP contribution in [0.25, 0.3) is 0 Å². The summed E-state index contributed by atoms with van der Waals surface area (Å²) in [5, 5.41) is 27.1. The van der Waals surface area contributed by atoms with E-state index in [4.69, 9.17) is 5.73 Å². The Morgan fingerprint density at radius 2 is 2.08 bits per heavy atom. The molecule has 0 spiro atoms. The maximum Gasteiger partial charge on any atom is 0.278 e. The zero-order valence-electron chi connectivity index (χ0n) is 13.6. The first-order chi connectivity index (χ1) is 11.3. The monoisotopic (exact) mass is 341 g/mol. The third-order valence-corrected chi connectivity index (χ3v) is 4.45. The second kappa shape index (κ2) is 7.73. The van der Waals surface area contributed by atoms with Crippen molar-refractivity contribution in [3.05, 3.63) is 11.6 Å². The van der Waals surface area contributed by atoms with E-state index in [2.05, 4.69) is 10.6 Å². The molecule has 0 aromatic heterocycles. The minimum absolute atomic E-state index is 0.0690. The molecule has 8 N–H and O–H groups in total. The van der Waals surface area contributed by atoms with Crippen molar-refractivity contribution in [2.45, 2.75) is 56.5 Å². The first kappa shape index (κ1) is 18.4. The van der Waals surface area contributed by atoms with E-state index in [1.54, 1.807) is 0 Å². The highest BCUT2D eigenvalue weighted by Gasteiger charge is 2.36. The molecule has 0 aromatic carbocycles. The van der Waals surface area contributed by atoms with Crippen LogP contribution in [0, 0.1) is 0 Å². The second-order valence-electron chi connectivity index (χ2n) is 6.36. The molecule has 3 amide bonds. The molecule has 24 heavy (non-hydrogen) atoms. The first-order valence-corrected chi connectivity index (χ1v) is 8.10. The van der Waals surface area contributed by atoms with Crippen molar-refractivity contribution in [1.29, 1.82) is 0 Å². The minimum atomic E-state index is -1.19. The highest BCUT2D eigenvalue weighted by molar-refractivity contribution is 5.97. The van der Waals surface area contributed by atoms with Gasteiger partial charge in [-0.15, -0.1) is 0 Å². The van der Waals surface area contributed by atoms with Gasteiger partial charge in [-0.05, 0) is 6.92 Å². The quantitative estimate of drug-likeness (QED) is 0.302. The lowest BCUT2D eigenvalue weighted by Crippen LogP contribution is -2.89. The molecule has 9 heteroatoms. The zero-order chi connectivity index (χ0) is 17.9. The van der Waals surface area contributed by atoms with Crippen LogP contribution >= 0.6 is 0 Å². The van der Waals surface area contributed by atoms with Crippen LogP contribution in [-0.2, 0) is 14.4 Å². The molecule has 2 aliphatic rings. The first-order valence-electron chi connectivity index (χ1n) is 8.10. The normalized spacial score (nSPS) is 31.0. The Kier molecular flexibility index (Phi) is 5.92. The van der Waals surface area contributed by atoms with Gasteiger partial charge in [-0.25, -0.2) is 0 Å². The van der Waals surface area contributed by atoms with E-state index in [0.29, 0.717) is 0 Å². The highest BCUT2D eigenvalue weighted by Crippen LogP contribution is 2.20. The summed E-state index contributed by atoms with van der Waals surface area (Å²) in [5.74, 6) is -1.46. The van der Waals surface area contributed by atoms with Crippen LogP contribution in [-0.4, -0.2) is 64.8 Å². The summed E-state index contributed by atoms with van der Waals surface area (Å²) in [6, 6.07) is -1.93. The van der Waals surface area contributed by atoms with Gasteiger partial charge in [-0.3, -0.25) is 14.4 Å². The SMILES string of the molecule is C[C@@H](NC(=O)C1=C[C@@H](NC(=O)[C@H]2CCC[NH2+]2)[C@@H](O)[C@H](O)C1)C(N)=O. The molecule has 0 bridgehead atoms. The van der Waals surface area contributed by atoms with Crippen LogP contribution in [0.4, 0.5) is 0 Å². The second-order valence-corrected chi connectivity index (χ2v) is 6.36. The maximum atomic E-state index is 12.2. The molecule has 1 aliphatic heterocycles. The number of rotatable bonds is 5. The number of nitrogens with two attached hydrogens (primary N) is 2. The van der Waals surface area contributed by atoms with Crippen molar-refractivity contribution < 1.29 is 29.9 Å². The molecule has 1 fully saturated rings. The molecule has 0 radical (unpaired) electrons. The highest BCUT2D eigenvalue weighted by atomic mass is 16.3. The van der Waals surface area contributed by atoms with E-state index in [1.165, 1.54) is 13.0 Å². The molecular formula is C15H25N4O5+. The molecule has 1 heterocycles. The van der Waals surface area contributed by atoms with Gasteiger partial charge in [-0.1, -0.05) is 6.08 Å². The fourth-order valence-electron chi connectivity index (χ4n) is 2.91. The van der Waals surface area contributed by atoms with E-state index in [-0.39, 0.29) is 23.9 Å². The summed E-state index contributed by atoms with van der Waals surface area (Å²) in [4.78, 5) is 35.4. The number of aliphatic hydroxyl groups excluding tert-OH is 2. The van der Waals surface area contributed by atoms with Gasteiger partial charge in [-0.2, -0.15) is 0 Å². The molecule has 1 aliphatic carbocycles. The summed E-state index contributed by atoms with van der Waals surface area (Å²) in [5.41, 5.74) is 5.30. The molecule has 0 saturated carbocycles. The number of quaternary nitrogens is 1. The molecule has 134 valence electrons. The van der Waals surface area contributed by atoms with Gasteiger partial charge in [0.1, 0.15) is 12.1 Å². The lowest BCUT2D eigenvalue weighted by molar-refractivity contribution is -0.657. The lowest BCUT2D eigenvalue weighted by Gasteiger charge is -2.31.